The lowest BCUT2D eigenvalue weighted by molar-refractivity contribution is 0.184. The van der Waals surface area contributed by atoms with E-state index in [1.165, 1.54) is 23.1 Å². The largest absolute Gasteiger partial charge is 0.383 e. The first-order chi connectivity index (χ1) is 13.7. The van der Waals surface area contributed by atoms with Gasteiger partial charge in [0.25, 0.3) is 5.56 Å². The van der Waals surface area contributed by atoms with Crippen LogP contribution >= 0.6 is 34.7 Å². The van der Waals surface area contributed by atoms with E-state index in [0.717, 1.165) is 16.3 Å². The van der Waals surface area contributed by atoms with E-state index >= 15 is 0 Å². The van der Waals surface area contributed by atoms with Gasteiger partial charge in [0.2, 0.25) is 0 Å². The van der Waals surface area contributed by atoms with E-state index in [1.54, 1.807) is 13.4 Å². The predicted octanol–water partition coefficient (Wildman–Crippen LogP) is 3.84. The molecule has 4 aromatic rings. The normalized spacial score (nSPS) is 11.4. The molecule has 7 nitrogen and oxygen atoms in total. The number of methoxy groups -OCH3 is 1. The third-order valence-electron chi connectivity index (χ3n) is 4.11. The lowest BCUT2D eigenvalue weighted by atomic mass is 10.1. The third-order valence-corrected chi connectivity index (χ3v) is 6.31. The van der Waals surface area contributed by atoms with Crippen molar-refractivity contribution in [2.75, 3.05) is 13.7 Å². The fourth-order valence-corrected chi connectivity index (χ4v) is 4.78. The van der Waals surface area contributed by atoms with Crippen molar-refractivity contribution >= 4 is 44.9 Å². The van der Waals surface area contributed by atoms with Gasteiger partial charge in [0.15, 0.2) is 5.16 Å². The Morgan fingerprint density at radius 2 is 2.18 bits per heavy atom. The summed E-state index contributed by atoms with van der Waals surface area (Å²) in [6.07, 6.45) is 1.66. The van der Waals surface area contributed by atoms with Crippen LogP contribution in [-0.2, 0) is 17.0 Å². The number of halogens is 1. The highest BCUT2D eigenvalue weighted by atomic mass is 35.5. The first kappa shape index (κ1) is 19.1. The zero-order valence-electron chi connectivity index (χ0n) is 14.9. The van der Waals surface area contributed by atoms with Crippen molar-refractivity contribution in [1.82, 2.24) is 24.7 Å². The van der Waals surface area contributed by atoms with Gasteiger partial charge in [-0.1, -0.05) is 41.6 Å². The maximum absolute atomic E-state index is 12.7. The molecular formula is C18H16ClN5O2S2. The van der Waals surface area contributed by atoms with Gasteiger partial charge < -0.3 is 14.3 Å². The minimum atomic E-state index is -0.169. The van der Waals surface area contributed by atoms with Crippen LogP contribution in [0.15, 0.2) is 45.9 Å². The molecule has 0 radical (unpaired) electrons. The van der Waals surface area contributed by atoms with Crippen molar-refractivity contribution in [2.45, 2.75) is 17.5 Å². The van der Waals surface area contributed by atoms with Crippen molar-refractivity contribution < 1.29 is 4.74 Å². The molecular weight excluding hydrogens is 418 g/mol. The Bertz CT molecular complexity index is 1170. The minimum absolute atomic E-state index is 0.169. The van der Waals surface area contributed by atoms with Gasteiger partial charge in [-0.2, -0.15) is 0 Å². The number of hydrogen-bond acceptors (Lipinski definition) is 7. The van der Waals surface area contributed by atoms with E-state index in [-0.39, 0.29) is 5.56 Å². The molecule has 0 aliphatic heterocycles. The number of H-pyrrole nitrogens is 1. The van der Waals surface area contributed by atoms with Crippen LogP contribution in [0.25, 0.3) is 21.3 Å². The second-order valence-corrected chi connectivity index (χ2v) is 8.12. The monoisotopic (exact) mass is 433 g/mol. The summed E-state index contributed by atoms with van der Waals surface area (Å²) in [7, 11) is 1.65. The van der Waals surface area contributed by atoms with E-state index in [1.807, 2.05) is 34.2 Å². The summed E-state index contributed by atoms with van der Waals surface area (Å²) in [4.78, 5) is 20.9. The van der Waals surface area contributed by atoms with Gasteiger partial charge in [-0.15, -0.1) is 21.5 Å². The number of aromatic nitrogens is 5. The number of fused-ring (bicyclic) bond motifs is 1. The van der Waals surface area contributed by atoms with Gasteiger partial charge in [-0.05, 0) is 6.07 Å². The Balaban J connectivity index is 1.60. The molecule has 0 bridgehead atoms. The molecule has 10 heteroatoms. The molecule has 0 aliphatic rings. The molecule has 3 aromatic heterocycles. The van der Waals surface area contributed by atoms with Crippen LogP contribution in [0.5, 0.6) is 0 Å². The van der Waals surface area contributed by atoms with Crippen LogP contribution in [0.4, 0.5) is 0 Å². The summed E-state index contributed by atoms with van der Waals surface area (Å²) in [5.74, 6) is 1.08. The Morgan fingerprint density at radius 1 is 1.32 bits per heavy atom. The van der Waals surface area contributed by atoms with Crippen molar-refractivity contribution in [3.05, 3.63) is 57.2 Å². The Hall–Kier alpha value is -2.20. The third kappa shape index (κ3) is 3.83. The summed E-state index contributed by atoms with van der Waals surface area (Å²) < 4.78 is 7.00. The zero-order valence-corrected chi connectivity index (χ0v) is 17.3. The minimum Gasteiger partial charge on any atom is -0.383 e. The average Bonchev–Trinajstić information content (AvgIpc) is 3.32. The highest BCUT2D eigenvalue weighted by molar-refractivity contribution is 7.98. The van der Waals surface area contributed by atoms with Gasteiger partial charge in [0.05, 0.1) is 17.7 Å². The Morgan fingerprint density at radius 3 is 3.00 bits per heavy atom. The van der Waals surface area contributed by atoms with E-state index in [2.05, 4.69) is 20.2 Å². The molecule has 4 rings (SSSR count). The summed E-state index contributed by atoms with van der Waals surface area (Å²) in [5, 5.41) is 11.9. The first-order valence-corrected chi connectivity index (χ1v) is 10.7. The van der Waals surface area contributed by atoms with Crippen molar-refractivity contribution in [3.63, 3.8) is 0 Å². The molecule has 0 saturated heterocycles. The van der Waals surface area contributed by atoms with Crippen LogP contribution in [0.2, 0.25) is 5.02 Å². The highest BCUT2D eigenvalue weighted by Gasteiger charge is 2.15. The molecule has 0 atom stereocenters. The quantitative estimate of drug-likeness (QED) is 0.446. The molecule has 3 heterocycles. The fourth-order valence-electron chi connectivity index (χ4n) is 2.77. The molecule has 1 N–H and O–H groups in total. The fraction of sp³-hybridized carbons (Fsp3) is 0.222. The highest BCUT2D eigenvalue weighted by Crippen LogP contribution is 2.35. The first-order valence-electron chi connectivity index (χ1n) is 8.42. The van der Waals surface area contributed by atoms with Crippen molar-refractivity contribution in [2.24, 2.45) is 0 Å². The molecule has 0 aliphatic carbocycles. The number of hydrogen-bond donors (Lipinski definition) is 1. The molecule has 28 heavy (non-hydrogen) atoms. The topological polar surface area (TPSA) is 85.7 Å². The molecule has 0 saturated carbocycles. The van der Waals surface area contributed by atoms with Gasteiger partial charge in [0, 0.05) is 35.2 Å². The predicted molar refractivity (Wildman–Crippen MR) is 112 cm³/mol. The number of ether oxygens (including phenoxy) is 1. The second-order valence-electron chi connectivity index (χ2n) is 5.91. The van der Waals surface area contributed by atoms with E-state index in [0.29, 0.717) is 40.0 Å². The average molecular weight is 434 g/mol. The maximum Gasteiger partial charge on any atom is 0.260 e. The molecule has 0 amide bonds. The van der Waals surface area contributed by atoms with Crippen LogP contribution in [0.3, 0.4) is 0 Å². The lowest BCUT2D eigenvalue weighted by Gasteiger charge is -2.05. The Labute approximate surface area is 173 Å². The lowest BCUT2D eigenvalue weighted by Crippen LogP contribution is -2.11. The number of benzene rings is 1. The molecule has 0 unspecified atom stereocenters. The summed E-state index contributed by atoms with van der Waals surface area (Å²) in [6, 6.07) is 7.48. The number of aromatic amines is 1. The smallest absolute Gasteiger partial charge is 0.260 e. The van der Waals surface area contributed by atoms with Crippen molar-refractivity contribution in [1.29, 1.82) is 0 Å². The molecule has 144 valence electrons. The van der Waals surface area contributed by atoms with Crippen LogP contribution in [0, 0.1) is 0 Å². The van der Waals surface area contributed by atoms with Gasteiger partial charge in [0.1, 0.15) is 17.0 Å². The molecule has 1 aromatic carbocycles. The number of nitrogens with one attached hydrogen (secondary N) is 1. The van der Waals surface area contributed by atoms with Crippen LogP contribution in [0.1, 0.15) is 5.82 Å². The van der Waals surface area contributed by atoms with E-state index in [4.69, 9.17) is 16.3 Å². The SMILES string of the molecule is COCCn1cnnc1SCc1nc2scc(-c3ccccc3Cl)c2c(=O)[nH]1. The summed E-state index contributed by atoms with van der Waals surface area (Å²) in [5.41, 5.74) is 1.46. The number of nitrogens with zero attached hydrogens (tertiary/aromatic N) is 4. The summed E-state index contributed by atoms with van der Waals surface area (Å²) >= 11 is 9.20. The van der Waals surface area contributed by atoms with Gasteiger partial charge in [-0.25, -0.2) is 4.98 Å². The standard InChI is InChI=1S/C18H16ClN5O2S2/c1-26-7-6-24-10-20-23-18(24)28-9-14-21-16(25)15-12(8-27-17(15)22-14)11-4-2-3-5-13(11)19/h2-5,8,10H,6-7,9H2,1H3,(H,21,22,25). The zero-order chi connectivity index (χ0) is 19.5. The van der Waals surface area contributed by atoms with E-state index in [9.17, 15) is 4.79 Å². The van der Waals surface area contributed by atoms with Crippen LogP contribution < -0.4 is 5.56 Å². The van der Waals surface area contributed by atoms with E-state index < -0.39 is 0 Å². The maximum atomic E-state index is 12.7. The van der Waals surface area contributed by atoms with Crippen LogP contribution in [-0.4, -0.2) is 38.4 Å². The summed E-state index contributed by atoms with van der Waals surface area (Å²) in [6.45, 7) is 1.24. The van der Waals surface area contributed by atoms with Crippen molar-refractivity contribution in [3.8, 4) is 11.1 Å². The Kier molecular flexibility index (Phi) is 5.77. The number of thioether (sulfide) groups is 1. The van der Waals surface area contributed by atoms with Gasteiger partial charge in [-0.3, -0.25) is 4.79 Å². The van der Waals surface area contributed by atoms with Gasteiger partial charge >= 0.3 is 0 Å². The molecule has 0 fully saturated rings. The number of rotatable bonds is 7. The second kappa shape index (κ2) is 8.44. The number of thiophene rings is 1. The molecule has 0 spiro atoms.